The summed E-state index contributed by atoms with van der Waals surface area (Å²) in [5, 5.41) is 3.80. The lowest BCUT2D eigenvalue weighted by molar-refractivity contribution is 0.0606. The highest BCUT2D eigenvalue weighted by Crippen LogP contribution is 2.19. The van der Waals surface area contributed by atoms with Crippen LogP contribution in [0.5, 0.6) is 0 Å². The van der Waals surface area contributed by atoms with Gasteiger partial charge >= 0.3 is 5.97 Å². The van der Waals surface area contributed by atoms with Gasteiger partial charge in [-0.3, -0.25) is 4.98 Å². The minimum atomic E-state index is -0.366. The first-order valence-corrected chi connectivity index (χ1v) is 6.21. The maximum Gasteiger partial charge on any atom is 0.349 e. The molecule has 2 aromatic rings. The van der Waals surface area contributed by atoms with Gasteiger partial charge in [0.25, 0.3) is 0 Å². The van der Waals surface area contributed by atoms with E-state index in [1.165, 1.54) is 24.6 Å². The van der Waals surface area contributed by atoms with Crippen molar-refractivity contribution in [3.05, 3.63) is 40.7 Å². The molecule has 0 atom stereocenters. The predicted octanol–water partition coefficient (Wildman–Crippen LogP) is 2.25. The number of aromatic nitrogens is 2. The summed E-state index contributed by atoms with van der Waals surface area (Å²) in [7, 11) is 1.35. The Labute approximate surface area is 109 Å². The van der Waals surface area contributed by atoms with Crippen LogP contribution in [-0.2, 0) is 11.3 Å². The summed E-state index contributed by atoms with van der Waals surface area (Å²) in [6.07, 6.45) is 1.50. The number of esters is 1. The van der Waals surface area contributed by atoms with Gasteiger partial charge in [0, 0.05) is 5.69 Å². The van der Waals surface area contributed by atoms with Crippen molar-refractivity contribution in [1.82, 2.24) is 9.97 Å². The Balaban J connectivity index is 1.98. The number of carbonyl (C=O) groups is 1. The van der Waals surface area contributed by atoms with Gasteiger partial charge in [-0.05, 0) is 19.1 Å². The van der Waals surface area contributed by atoms with Crippen molar-refractivity contribution in [2.45, 2.75) is 13.5 Å². The first kappa shape index (κ1) is 12.5. The summed E-state index contributed by atoms with van der Waals surface area (Å²) in [5.74, 6) is -0.366. The van der Waals surface area contributed by atoms with Crippen LogP contribution < -0.4 is 5.32 Å². The third-order valence-electron chi connectivity index (χ3n) is 2.26. The van der Waals surface area contributed by atoms with Gasteiger partial charge < -0.3 is 10.1 Å². The Bertz CT molecular complexity index is 554. The molecular weight excluding hydrogens is 250 g/mol. The van der Waals surface area contributed by atoms with E-state index in [9.17, 15) is 4.79 Å². The van der Waals surface area contributed by atoms with Crippen LogP contribution in [0.1, 0.15) is 21.1 Å². The predicted molar refractivity (Wildman–Crippen MR) is 69.8 cm³/mol. The highest BCUT2D eigenvalue weighted by Gasteiger charge is 2.10. The molecule has 2 aromatic heterocycles. The zero-order chi connectivity index (χ0) is 13.0. The number of thiazole rings is 1. The first-order valence-electron chi connectivity index (χ1n) is 5.39. The fourth-order valence-electron chi connectivity index (χ4n) is 1.41. The van der Waals surface area contributed by atoms with Gasteiger partial charge in [-0.15, -0.1) is 0 Å². The van der Waals surface area contributed by atoms with Crippen molar-refractivity contribution in [3.63, 3.8) is 0 Å². The van der Waals surface area contributed by atoms with E-state index in [1.807, 2.05) is 25.1 Å². The van der Waals surface area contributed by atoms with E-state index in [2.05, 4.69) is 20.0 Å². The highest BCUT2D eigenvalue weighted by molar-refractivity contribution is 7.17. The van der Waals surface area contributed by atoms with Crippen molar-refractivity contribution in [3.8, 4) is 0 Å². The smallest absolute Gasteiger partial charge is 0.349 e. The molecule has 0 unspecified atom stereocenters. The molecule has 0 aliphatic rings. The zero-order valence-corrected chi connectivity index (χ0v) is 11.0. The number of hydrogen-bond acceptors (Lipinski definition) is 6. The number of methoxy groups -OCH3 is 1. The maximum atomic E-state index is 11.3. The van der Waals surface area contributed by atoms with E-state index in [1.54, 1.807) is 0 Å². The van der Waals surface area contributed by atoms with Gasteiger partial charge in [0.05, 0.1) is 25.5 Å². The van der Waals surface area contributed by atoms with Crippen LogP contribution in [-0.4, -0.2) is 23.0 Å². The standard InChI is InChI=1S/C12H13N3O2S/c1-8-4-3-5-9(15-8)6-13-12-14-7-10(18-12)11(16)17-2/h3-5,7H,6H2,1-2H3,(H,13,14). The lowest BCUT2D eigenvalue weighted by atomic mass is 10.3. The molecule has 0 saturated heterocycles. The summed E-state index contributed by atoms with van der Waals surface area (Å²) in [5.41, 5.74) is 1.91. The van der Waals surface area contributed by atoms with E-state index in [-0.39, 0.29) is 5.97 Å². The monoisotopic (exact) mass is 263 g/mol. The molecule has 2 rings (SSSR count). The summed E-state index contributed by atoms with van der Waals surface area (Å²) >= 11 is 1.26. The van der Waals surface area contributed by atoms with Crippen LogP contribution in [0.2, 0.25) is 0 Å². The van der Waals surface area contributed by atoms with E-state index >= 15 is 0 Å². The third kappa shape index (κ3) is 3.04. The first-order chi connectivity index (χ1) is 8.69. The van der Waals surface area contributed by atoms with Gasteiger partial charge in [0.2, 0.25) is 0 Å². The van der Waals surface area contributed by atoms with Crippen molar-refractivity contribution < 1.29 is 9.53 Å². The van der Waals surface area contributed by atoms with Crippen LogP contribution in [0.3, 0.4) is 0 Å². The van der Waals surface area contributed by atoms with E-state index in [4.69, 9.17) is 0 Å². The van der Waals surface area contributed by atoms with Crippen molar-refractivity contribution >= 4 is 22.4 Å². The van der Waals surface area contributed by atoms with Crippen molar-refractivity contribution in [1.29, 1.82) is 0 Å². The molecule has 2 heterocycles. The normalized spacial score (nSPS) is 10.1. The number of aryl methyl sites for hydroxylation is 1. The minimum absolute atomic E-state index is 0.366. The Morgan fingerprint density at radius 3 is 3.06 bits per heavy atom. The topological polar surface area (TPSA) is 64.1 Å². The Morgan fingerprint density at radius 1 is 1.50 bits per heavy atom. The van der Waals surface area contributed by atoms with Crippen LogP contribution in [0, 0.1) is 6.92 Å². The average molecular weight is 263 g/mol. The van der Waals surface area contributed by atoms with Gasteiger partial charge in [-0.1, -0.05) is 17.4 Å². The summed E-state index contributed by atoms with van der Waals surface area (Å²) in [6.45, 7) is 2.53. The molecule has 18 heavy (non-hydrogen) atoms. The van der Waals surface area contributed by atoms with Crippen LogP contribution >= 0.6 is 11.3 Å². The molecule has 0 amide bonds. The Morgan fingerprint density at radius 2 is 2.33 bits per heavy atom. The van der Waals surface area contributed by atoms with Gasteiger partial charge in [-0.25, -0.2) is 9.78 Å². The number of hydrogen-bond donors (Lipinski definition) is 1. The number of nitrogens with zero attached hydrogens (tertiary/aromatic N) is 2. The molecule has 5 nitrogen and oxygen atoms in total. The summed E-state index contributed by atoms with van der Waals surface area (Å²) in [4.78, 5) is 20.2. The highest BCUT2D eigenvalue weighted by atomic mass is 32.1. The second-order valence-electron chi connectivity index (χ2n) is 3.65. The number of rotatable bonds is 4. The molecule has 0 radical (unpaired) electrons. The molecule has 0 bridgehead atoms. The molecule has 6 heteroatoms. The van der Waals surface area contributed by atoms with E-state index in [0.29, 0.717) is 16.6 Å². The van der Waals surface area contributed by atoms with E-state index in [0.717, 1.165) is 11.4 Å². The molecule has 0 aliphatic carbocycles. The summed E-state index contributed by atoms with van der Waals surface area (Å²) < 4.78 is 4.62. The maximum absolute atomic E-state index is 11.3. The average Bonchev–Trinajstić information content (AvgIpc) is 2.84. The second kappa shape index (κ2) is 5.59. The second-order valence-corrected chi connectivity index (χ2v) is 4.68. The molecule has 1 N–H and O–H groups in total. The van der Waals surface area contributed by atoms with Crippen molar-refractivity contribution in [2.75, 3.05) is 12.4 Å². The molecule has 0 aliphatic heterocycles. The van der Waals surface area contributed by atoms with Gasteiger partial charge in [-0.2, -0.15) is 0 Å². The Kier molecular flexibility index (Phi) is 3.88. The number of ether oxygens (including phenoxy) is 1. The number of nitrogens with one attached hydrogen (secondary N) is 1. The molecule has 0 fully saturated rings. The molecular formula is C12H13N3O2S. The van der Waals surface area contributed by atoms with E-state index < -0.39 is 0 Å². The van der Waals surface area contributed by atoms with Crippen LogP contribution in [0.15, 0.2) is 24.4 Å². The third-order valence-corrected chi connectivity index (χ3v) is 3.19. The SMILES string of the molecule is COC(=O)c1cnc(NCc2cccc(C)n2)s1. The van der Waals surface area contributed by atoms with Crippen molar-refractivity contribution in [2.24, 2.45) is 0 Å². The molecule has 0 aromatic carbocycles. The molecule has 0 saturated carbocycles. The van der Waals surface area contributed by atoms with Gasteiger partial charge in [0.1, 0.15) is 4.88 Å². The fourth-order valence-corrected chi connectivity index (χ4v) is 2.15. The van der Waals surface area contributed by atoms with Gasteiger partial charge in [0.15, 0.2) is 5.13 Å². The summed E-state index contributed by atoms with van der Waals surface area (Å²) in [6, 6.07) is 5.85. The number of anilines is 1. The number of carbonyl (C=O) groups excluding carboxylic acids is 1. The lowest BCUT2D eigenvalue weighted by Crippen LogP contribution is -2.01. The molecule has 94 valence electrons. The quantitative estimate of drug-likeness (QED) is 0.857. The zero-order valence-electron chi connectivity index (χ0n) is 10.1. The minimum Gasteiger partial charge on any atom is -0.465 e. The lowest BCUT2D eigenvalue weighted by Gasteiger charge is -2.02. The largest absolute Gasteiger partial charge is 0.465 e. The molecule has 0 spiro atoms. The van der Waals surface area contributed by atoms with Crippen LogP contribution in [0.25, 0.3) is 0 Å². The fraction of sp³-hybridized carbons (Fsp3) is 0.250. The van der Waals surface area contributed by atoms with Crippen LogP contribution in [0.4, 0.5) is 5.13 Å². The number of pyridine rings is 1. The Hall–Kier alpha value is -1.95.